The average molecular weight is 189 g/mol. The van der Waals surface area contributed by atoms with Crippen molar-refractivity contribution in [1.82, 2.24) is 14.9 Å². The molecule has 1 heterocycles. The Balaban J connectivity index is 2.87. The first-order valence-electron chi connectivity index (χ1n) is 3.72. The van der Waals surface area contributed by atoms with Crippen LogP contribution in [0, 0.1) is 0 Å². The Morgan fingerprint density at radius 3 is 2.75 bits per heavy atom. The number of nitrogens with one attached hydrogen (secondary N) is 1. The summed E-state index contributed by atoms with van der Waals surface area (Å²) in [5.74, 6) is 0. The van der Waals surface area contributed by atoms with Gasteiger partial charge in [-0.25, -0.2) is 4.98 Å². The molecule has 0 radical (unpaired) electrons. The second-order valence-electron chi connectivity index (χ2n) is 2.82. The zero-order valence-electron chi connectivity index (χ0n) is 7.21. The van der Waals surface area contributed by atoms with Crippen molar-refractivity contribution in [2.24, 2.45) is 5.73 Å². The quantitative estimate of drug-likeness (QED) is 0.732. The van der Waals surface area contributed by atoms with E-state index >= 15 is 0 Å². The van der Waals surface area contributed by atoms with Crippen molar-refractivity contribution < 1.29 is 0 Å². The van der Waals surface area contributed by atoms with E-state index in [1.54, 1.807) is 6.33 Å². The Kier molecular flexibility index (Phi) is 3.08. The largest absolute Gasteiger partial charge is 0.346 e. The van der Waals surface area contributed by atoms with Crippen LogP contribution in [0.1, 0.15) is 11.7 Å². The van der Waals surface area contributed by atoms with Crippen LogP contribution in [0.4, 0.5) is 0 Å². The molecule has 3 N–H and O–H groups in total. The Labute approximate surface area is 76.7 Å². The van der Waals surface area contributed by atoms with Crippen LogP contribution in [0.25, 0.3) is 0 Å². The first-order chi connectivity index (χ1) is 5.66. The van der Waals surface area contributed by atoms with Gasteiger partial charge in [-0.2, -0.15) is 0 Å². The number of H-pyrrole nitrogens is 1. The van der Waals surface area contributed by atoms with Crippen molar-refractivity contribution in [1.29, 1.82) is 0 Å². The van der Waals surface area contributed by atoms with Crippen LogP contribution < -0.4 is 5.73 Å². The van der Waals surface area contributed by atoms with Crippen LogP contribution >= 0.6 is 11.6 Å². The normalized spacial score (nSPS) is 13.8. The molecular formula is C7H13ClN4. The van der Waals surface area contributed by atoms with Crippen LogP contribution in [0.2, 0.25) is 5.15 Å². The highest BCUT2D eigenvalue weighted by Gasteiger charge is 2.16. The highest BCUT2D eigenvalue weighted by Crippen LogP contribution is 2.20. The number of aromatic nitrogens is 2. The topological polar surface area (TPSA) is 57.9 Å². The predicted octanol–water partition coefficient (Wildman–Crippen LogP) is 0.625. The van der Waals surface area contributed by atoms with Crippen LogP contribution in [0.3, 0.4) is 0 Å². The molecule has 0 saturated carbocycles. The van der Waals surface area contributed by atoms with Gasteiger partial charge in [0.05, 0.1) is 18.1 Å². The van der Waals surface area contributed by atoms with Gasteiger partial charge in [-0.1, -0.05) is 11.6 Å². The molecule has 1 unspecified atom stereocenters. The van der Waals surface area contributed by atoms with E-state index in [9.17, 15) is 0 Å². The van der Waals surface area contributed by atoms with Gasteiger partial charge < -0.3 is 10.7 Å². The summed E-state index contributed by atoms with van der Waals surface area (Å²) in [4.78, 5) is 8.87. The molecule has 0 aliphatic carbocycles. The first kappa shape index (κ1) is 9.51. The lowest BCUT2D eigenvalue weighted by atomic mass is 10.2. The fourth-order valence-electron chi connectivity index (χ4n) is 1.11. The minimum Gasteiger partial charge on any atom is -0.346 e. The first-order valence-corrected chi connectivity index (χ1v) is 4.10. The maximum Gasteiger partial charge on any atom is 0.151 e. The number of nitrogens with two attached hydrogens (primary N) is 1. The molecule has 0 aliphatic heterocycles. The number of likely N-dealkylation sites (N-methyl/N-ethyl adjacent to an activating group) is 1. The molecule has 0 bridgehead atoms. The van der Waals surface area contributed by atoms with Crippen LogP contribution in [-0.4, -0.2) is 35.5 Å². The van der Waals surface area contributed by atoms with Gasteiger partial charge >= 0.3 is 0 Å². The molecule has 1 rings (SSSR count). The summed E-state index contributed by atoms with van der Waals surface area (Å²) in [6.07, 6.45) is 1.57. The van der Waals surface area contributed by atoms with Crippen molar-refractivity contribution in [3.05, 3.63) is 17.2 Å². The number of nitrogens with zero attached hydrogens (tertiary/aromatic N) is 2. The molecule has 0 aliphatic rings. The zero-order valence-corrected chi connectivity index (χ0v) is 7.97. The fourth-order valence-corrected chi connectivity index (χ4v) is 1.34. The summed E-state index contributed by atoms with van der Waals surface area (Å²) < 4.78 is 0. The second-order valence-corrected chi connectivity index (χ2v) is 3.18. The average Bonchev–Trinajstić information content (AvgIpc) is 2.38. The number of aromatic amines is 1. The maximum absolute atomic E-state index is 5.83. The third kappa shape index (κ3) is 1.77. The monoisotopic (exact) mass is 188 g/mol. The molecular weight excluding hydrogens is 176 g/mol. The number of halogens is 1. The minimum atomic E-state index is 0.111. The summed E-state index contributed by atoms with van der Waals surface area (Å²) in [5, 5.41) is 0.499. The van der Waals surface area contributed by atoms with E-state index in [1.165, 1.54) is 0 Å². The lowest BCUT2D eigenvalue weighted by Crippen LogP contribution is -2.27. The highest BCUT2D eigenvalue weighted by atomic mass is 35.5. The van der Waals surface area contributed by atoms with E-state index in [-0.39, 0.29) is 6.04 Å². The van der Waals surface area contributed by atoms with E-state index in [2.05, 4.69) is 9.97 Å². The molecule has 0 aromatic carbocycles. The third-order valence-electron chi connectivity index (χ3n) is 1.80. The third-order valence-corrected chi connectivity index (χ3v) is 2.10. The highest BCUT2D eigenvalue weighted by molar-refractivity contribution is 6.30. The summed E-state index contributed by atoms with van der Waals surface area (Å²) in [6.45, 7) is 0.523. The molecule has 68 valence electrons. The molecule has 4 nitrogen and oxygen atoms in total. The van der Waals surface area contributed by atoms with Gasteiger partial charge in [0.1, 0.15) is 0 Å². The summed E-state index contributed by atoms with van der Waals surface area (Å²) >= 11 is 5.83. The predicted molar refractivity (Wildman–Crippen MR) is 49.1 cm³/mol. The number of hydrogen-bond donors (Lipinski definition) is 2. The van der Waals surface area contributed by atoms with Gasteiger partial charge in [-0.3, -0.25) is 4.90 Å². The standard InChI is InChI=1S/C7H13ClN4/c1-12(2)5(3-9)6-7(8)11-4-10-6/h4-5H,3,9H2,1-2H3,(H,10,11). The molecule has 1 aromatic heterocycles. The van der Waals surface area contributed by atoms with E-state index in [1.807, 2.05) is 19.0 Å². The molecule has 12 heavy (non-hydrogen) atoms. The van der Waals surface area contributed by atoms with Crippen LogP contribution in [0.15, 0.2) is 6.33 Å². The number of rotatable bonds is 3. The van der Waals surface area contributed by atoms with Gasteiger partial charge in [0.25, 0.3) is 0 Å². The SMILES string of the molecule is CN(C)C(CN)c1[nH]cnc1Cl. The molecule has 0 spiro atoms. The van der Waals surface area contributed by atoms with Crippen molar-refractivity contribution in [3.8, 4) is 0 Å². The molecule has 0 amide bonds. The molecule has 1 aromatic rings. The maximum atomic E-state index is 5.83. The Morgan fingerprint density at radius 2 is 2.42 bits per heavy atom. The van der Waals surface area contributed by atoms with Crippen LogP contribution in [0.5, 0.6) is 0 Å². The molecule has 1 atom stereocenters. The van der Waals surface area contributed by atoms with Crippen molar-refractivity contribution in [3.63, 3.8) is 0 Å². The minimum absolute atomic E-state index is 0.111. The fraction of sp³-hybridized carbons (Fsp3) is 0.571. The van der Waals surface area contributed by atoms with Crippen molar-refractivity contribution in [2.75, 3.05) is 20.6 Å². The van der Waals surface area contributed by atoms with Gasteiger partial charge in [-0.05, 0) is 14.1 Å². The van der Waals surface area contributed by atoms with Crippen molar-refractivity contribution in [2.45, 2.75) is 6.04 Å². The summed E-state index contributed by atoms with van der Waals surface area (Å²) in [7, 11) is 3.91. The Morgan fingerprint density at radius 1 is 1.75 bits per heavy atom. The summed E-state index contributed by atoms with van der Waals surface area (Å²) in [6, 6.07) is 0.111. The Hall–Kier alpha value is -0.580. The number of hydrogen-bond acceptors (Lipinski definition) is 3. The lowest BCUT2D eigenvalue weighted by Gasteiger charge is -2.21. The van der Waals surface area contributed by atoms with Gasteiger partial charge in [0.15, 0.2) is 5.15 Å². The molecule has 0 fully saturated rings. The van der Waals surface area contributed by atoms with Crippen LogP contribution in [-0.2, 0) is 0 Å². The molecule has 5 heteroatoms. The summed E-state index contributed by atoms with van der Waals surface area (Å²) in [5.41, 5.74) is 6.46. The Bertz CT molecular complexity index is 245. The van der Waals surface area contributed by atoms with E-state index in [0.29, 0.717) is 11.7 Å². The van der Waals surface area contributed by atoms with Gasteiger partial charge in [0, 0.05) is 6.54 Å². The van der Waals surface area contributed by atoms with E-state index in [0.717, 1.165) is 5.69 Å². The lowest BCUT2D eigenvalue weighted by molar-refractivity contribution is 0.301. The van der Waals surface area contributed by atoms with Gasteiger partial charge in [0.2, 0.25) is 0 Å². The van der Waals surface area contributed by atoms with Gasteiger partial charge in [-0.15, -0.1) is 0 Å². The molecule has 0 saturated heterocycles. The smallest absolute Gasteiger partial charge is 0.151 e. The van der Waals surface area contributed by atoms with E-state index < -0.39 is 0 Å². The van der Waals surface area contributed by atoms with E-state index in [4.69, 9.17) is 17.3 Å². The van der Waals surface area contributed by atoms with Crippen molar-refractivity contribution >= 4 is 11.6 Å². The zero-order chi connectivity index (χ0) is 9.14. The number of imidazole rings is 1. The second kappa shape index (κ2) is 3.89.